The number of nitrogens with zero attached hydrogens (tertiary/aromatic N) is 4. The first-order chi connectivity index (χ1) is 11.8. The van der Waals surface area contributed by atoms with Crippen LogP contribution in [0.5, 0.6) is 0 Å². The van der Waals surface area contributed by atoms with Crippen LogP contribution >= 0.6 is 0 Å². The summed E-state index contributed by atoms with van der Waals surface area (Å²) in [5, 5.41) is 8.30. The molecule has 0 atom stereocenters. The van der Waals surface area contributed by atoms with Gasteiger partial charge >= 0.3 is 0 Å². The molecule has 3 aromatic rings. The lowest BCUT2D eigenvalue weighted by Crippen LogP contribution is -2.31. The third kappa shape index (κ3) is 3.51. The summed E-state index contributed by atoms with van der Waals surface area (Å²) in [5.41, 5.74) is 2.16. The standard InChI is InChI=1S/C17H20N6O/c1-2-3-7-10-23-15-14(18-12-19-15)16(24)21-17(23)22-20-11-13-8-5-4-6-9-13/h4-6,8-9,11-12H,2-3,7,10H2,1H3,(H,18,19)(H,21,22,24). The summed E-state index contributed by atoms with van der Waals surface area (Å²) in [6, 6.07) is 9.69. The number of aryl methyl sites for hydroxylation is 1. The van der Waals surface area contributed by atoms with E-state index in [1.165, 1.54) is 6.33 Å². The van der Waals surface area contributed by atoms with Gasteiger partial charge in [-0.2, -0.15) is 5.10 Å². The topological polar surface area (TPSA) is 91.2 Å². The Morgan fingerprint density at radius 3 is 2.88 bits per heavy atom. The molecule has 24 heavy (non-hydrogen) atoms. The zero-order chi connectivity index (χ0) is 16.8. The third-order valence-corrected chi connectivity index (χ3v) is 3.73. The van der Waals surface area contributed by atoms with Gasteiger partial charge in [0.2, 0.25) is 5.62 Å². The Labute approximate surface area is 138 Å². The van der Waals surface area contributed by atoms with Gasteiger partial charge in [0.25, 0.3) is 5.56 Å². The van der Waals surface area contributed by atoms with E-state index in [1.807, 2.05) is 34.9 Å². The molecule has 124 valence electrons. The van der Waals surface area contributed by atoms with E-state index in [2.05, 4.69) is 32.1 Å². The molecule has 7 heteroatoms. The number of unbranched alkanes of at least 4 members (excludes halogenated alkanes) is 2. The van der Waals surface area contributed by atoms with Crippen LogP contribution in [-0.4, -0.2) is 25.7 Å². The molecule has 0 spiro atoms. The molecule has 2 aromatic heterocycles. The number of hydrogen-bond donors (Lipinski definition) is 2. The molecular formula is C17H20N6O. The van der Waals surface area contributed by atoms with Crippen molar-refractivity contribution >= 4 is 17.4 Å². The number of imidazole rings is 1. The minimum absolute atomic E-state index is 0.247. The Hall–Kier alpha value is -2.96. The number of fused-ring (bicyclic) bond motifs is 1. The number of nitrogens with one attached hydrogen (secondary N) is 2. The zero-order valence-corrected chi connectivity index (χ0v) is 13.6. The van der Waals surface area contributed by atoms with E-state index >= 15 is 0 Å². The Bertz CT molecular complexity index is 948. The predicted molar refractivity (Wildman–Crippen MR) is 93.8 cm³/mol. The van der Waals surface area contributed by atoms with Crippen molar-refractivity contribution in [1.29, 1.82) is 0 Å². The molecule has 0 saturated heterocycles. The molecule has 0 saturated carbocycles. The van der Waals surface area contributed by atoms with E-state index in [0.717, 1.165) is 31.4 Å². The van der Waals surface area contributed by atoms with Crippen LogP contribution in [0.3, 0.4) is 0 Å². The number of aromatic nitrogens is 4. The maximum Gasteiger partial charge on any atom is 0.278 e. The fourth-order valence-corrected chi connectivity index (χ4v) is 2.49. The summed E-state index contributed by atoms with van der Waals surface area (Å²) >= 11 is 0. The summed E-state index contributed by atoms with van der Waals surface area (Å²) in [6.07, 6.45) is 6.38. The van der Waals surface area contributed by atoms with Gasteiger partial charge in [0.05, 0.1) is 12.5 Å². The van der Waals surface area contributed by atoms with Crippen LogP contribution in [0.25, 0.3) is 11.2 Å². The minimum Gasteiger partial charge on any atom is -0.339 e. The van der Waals surface area contributed by atoms with Crippen LogP contribution < -0.4 is 11.2 Å². The Kier molecular flexibility index (Phi) is 5.00. The molecule has 0 aliphatic rings. The molecular weight excluding hydrogens is 304 g/mol. The summed E-state index contributed by atoms with van der Waals surface area (Å²) in [7, 11) is 0. The average molecular weight is 324 g/mol. The third-order valence-electron chi connectivity index (χ3n) is 3.73. The van der Waals surface area contributed by atoms with Crippen molar-refractivity contribution in [3.8, 4) is 0 Å². The van der Waals surface area contributed by atoms with Crippen LogP contribution in [0.4, 0.5) is 0 Å². The van der Waals surface area contributed by atoms with E-state index in [-0.39, 0.29) is 5.56 Å². The fraction of sp³-hybridized carbons (Fsp3) is 0.294. The van der Waals surface area contributed by atoms with E-state index < -0.39 is 0 Å². The number of H-pyrrole nitrogens is 2. The molecule has 0 aliphatic heterocycles. The van der Waals surface area contributed by atoms with Crippen molar-refractivity contribution in [2.24, 2.45) is 10.2 Å². The second kappa shape index (κ2) is 7.54. The number of rotatable bonds is 6. The Balaban J connectivity index is 2.01. The van der Waals surface area contributed by atoms with Gasteiger partial charge in [0.1, 0.15) is 5.52 Å². The van der Waals surface area contributed by atoms with E-state index in [1.54, 1.807) is 6.21 Å². The molecule has 2 N–H and O–H groups in total. The molecule has 0 radical (unpaired) electrons. The van der Waals surface area contributed by atoms with Crippen LogP contribution in [0.2, 0.25) is 0 Å². The van der Waals surface area contributed by atoms with Gasteiger partial charge in [-0.1, -0.05) is 50.1 Å². The SMILES string of the molecule is CCCCCn1/c(=N/N=Cc2ccccc2)[nH]c(=O)c2[nH]cnc21. The van der Waals surface area contributed by atoms with Gasteiger partial charge in [-0.05, 0) is 12.0 Å². The molecule has 3 rings (SSSR count). The fourth-order valence-electron chi connectivity index (χ4n) is 2.49. The number of benzene rings is 1. The summed E-state index contributed by atoms with van der Waals surface area (Å²) in [5.74, 6) is 0. The minimum atomic E-state index is -0.247. The van der Waals surface area contributed by atoms with Crippen LogP contribution in [0, 0.1) is 0 Å². The monoisotopic (exact) mass is 324 g/mol. The number of aromatic amines is 2. The predicted octanol–water partition coefficient (Wildman–Crippen LogP) is 2.18. The van der Waals surface area contributed by atoms with E-state index in [9.17, 15) is 4.79 Å². The van der Waals surface area contributed by atoms with Gasteiger partial charge < -0.3 is 4.98 Å². The molecule has 0 fully saturated rings. The van der Waals surface area contributed by atoms with Gasteiger partial charge in [-0.15, -0.1) is 5.10 Å². The molecule has 0 aliphatic carbocycles. The van der Waals surface area contributed by atoms with E-state index in [4.69, 9.17) is 0 Å². The number of hydrogen-bond acceptors (Lipinski definition) is 4. The highest BCUT2D eigenvalue weighted by Gasteiger charge is 2.08. The van der Waals surface area contributed by atoms with Crippen molar-refractivity contribution < 1.29 is 0 Å². The van der Waals surface area contributed by atoms with Gasteiger partial charge in [0, 0.05) is 6.54 Å². The zero-order valence-electron chi connectivity index (χ0n) is 13.6. The van der Waals surface area contributed by atoms with Crippen molar-refractivity contribution in [2.45, 2.75) is 32.7 Å². The smallest absolute Gasteiger partial charge is 0.278 e. The first kappa shape index (κ1) is 15.9. The maximum absolute atomic E-state index is 12.1. The first-order valence-corrected chi connectivity index (χ1v) is 8.08. The van der Waals surface area contributed by atoms with Crippen LogP contribution in [0.1, 0.15) is 31.7 Å². The normalized spacial score (nSPS) is 12.5. The van der Waals surface area contributed by atoms with E-state index in [0.29, 0.717) is 16.8 Å². The lowest BCUT2D eigenvalue weighted by molar-refractivity contribution is 0.578. The second-order valence-electron chi connectivity index (χ2n) is 5.49. The first-order valence-electron chi connectivity index (χ1n) is 8.08. The highest BCUT2D eigenvalue weighted by molar-refractivity contribution is 5.79. The maximum atomic E-state index is 12.1. The van der Waals surface area contributed by atoms with Gasteiger partial charge in [0.15, 0.2) is 5.65 Å². The molecule has 7 nitrogen and oxygen atoms in total. The molecule has 0 unspecified atom stereocenters. The van der Waals surface area contributed by atoms with Crippen LogP contribution in [-0.2, 0) is 6.54 Å². The summed E-state index contributed by atoms with van der Waals surface area (Å²) in [4.78, 5) is 22.0. The lowest BCUT2D eigenvalue weighted by atomic mass is 10.2. The molecule has 1 aromatic carbocycles. The molecule has 0 amide bonds. The highest BCUT2D eigenvalue weighted by atomic mass is 16.1. The summed E-state index contributed by atoms with van der Waals surface area (Å²) in [6.45, 7) is 2.88. The Morgan fingerprint density at radius 2 is 2.08 bits per heavy atom. The van der Waals surface area contributed by atoms with Crippen molar-refractivity contribution in [2.75, 3.05) is 0 Å². The van der Waals surface area contributed by atoms with Crippen molar-refractivity contribution in [3.63, 3.8) is 0 Å². The van der Waals surface area contributed by atoms with Crippen molar-refractivity contribution in [1.82, 2.24) is 19.5 Å². The summed E-state index contributed by atoms with van der Waals surface area (Å²) < 4.78 is 1.89. The van der Waals surface area contributed by atoms with Crippen molar-refractivity contribution in [3.05, 3.63) is 58.2 Å². The quantitative estimate of drug-likeness (QED) is 0.413. The van der Waals surface area contributed by atoms with Gasteiger partial charge in [-0.3, -0.25) is 14.3 Å². The Morgan fingerprint density at radius 1 is 1.25 bits per heavy atom. The molecule has 0 bridgehead atoms. The molecule has 2 heterocycles. The lowest BCUT2D eigenvalue weighted by Gasteiger charge is -2.07. The highest BCUT2D eigenvalue weighted by Crippen LogP contribution is 2.03. The largest absolute Gasteiger partial charge is 0.339 e. The van der Waals surface area contributed by atoms with Crippen LogP contribution in [0.15, 0.2) is 51.7 Å². The van der Waals surface area contributed by atoms with Gasteiger partial charge in [-0.25, -0.2) is 4.98 Å². The second-order valence-corrected chi connectivity index (χ2v) is 5.49. The average Bonchev–Trinajstić information content (AvgIpc) is 3.09.